The lowest BCUT2D eigenvalue weighted by Crippen LogP contribution is -2.46. The SMILES string of the molecule is CC1CCCN1C1CCN(c2ccnc(C(C)(C)C)n2)CC1. The van der Waals surface area contributed by atoms with E-state index in [1.165, 1.54) is 32.2 Å². The van der Waals surface area contributed by atoms with Crippen molar-refractivity contribution in [2.75, 3.05) is 24.5 Å². The molecule has 0 radical (unpaired) electrons. The normalized spacial score (nSPS) is 24.9. The second kappa shape index (κ2) is 6.15. The van der Waals surface area contributed by atoms with Crippen molar-refractivity contribution in [2.45, 2.75) is 70.9 Å². The van der Waals surface area contributed by atoms with Gasteiger partial charge in [-0.15, -0.1) is 0 Å². The van der Waals surface area contributed by atoms with Crippen LogP contribution in [0.4, 0.5) is 5.82 Å². The summed E-state index contributed by atoms with van der Waals surface area (Å²) < 4.78 is 0. The Morgan fingerprint density at radius 3 is 2.41 bits per heavy atom. The van der Waals surface area contributed by atoms with Gasteiger partial charge in [-0.2, -0.15) is 0 Å². The highest BCUT2D eigenvalue weighted by molar-refractivity contribution is 5.38. The second-order valence-corrected chi connectivity index (χ2v) is 7.94. The van der Waals surface area contributed by atoms with Crippen LogP contribution < -0.4 is 4.90 Å². The summed E-state index contributed by atoms with van der Waals surface area (Å²) in [4.78, 5) is 14.4. The molecule has 0 amide bonds. The fourth-order valence-corrected chi connectivity index (χ4v) is 3.81. The maximum Gasteiger partial charge on any atom is 0.135 e. The van der Waals surface area contributed by atoms with Crippen molar-refractivity contribution in [1.82, 2.24) is 14.9 Å². The van der Waals surface area contributed by atoms with E-state index in [0.717, 1.165) is 36.8 Å². The molecule has 2 aliphatic heterocycles. The molecular weight excluding hydrogens is 272 g/mol. The molecule has 2 aliphatic rings. The van der Waals surface area contributed by atoms with Crippen LogP contribution in [0.25, 0.3) is 0 Å². The van der Waals surface area contributed by atoms with E-state index in [0.29, 0.717) is 0 Å². The average Bonchev–Trinajstić information content (AvgIpc) is 2.93. The van der Waals surface area contributed by atoms with E-state index in [-0.39, 0.29) is 5.41 Å². The highest BCUT2D eigenvalue weighted by Gasteiger charge is 2.31. The number of piperidine rings is 1. The molecular formula is C18H30N4. The largest absolute Gasteiger partial charge is 0.356 e. The van der Waals surface area contributed by atoms with Gasteiger partial charge in [-0.3, -0.25) is 4.90 Å². The minimum Gasteiger partial charge on any atom is -0.356 e. The molecule has 0 saturated carbocycles. The van der Waals surface area contributed by atoms with Crippen molar-refractivity contribution in [2.24, 2.45) is 0 Å². The lowest BCUT2D eigenvalue weighted by Gasteiger charge is -2.39. The topological polar surface area (TPSA) is 32.3 Å². The Hall–Kier alpha value is -1.16. The fraction of sp³-hybridized carbons (Fsp3) is 0.778. The molecule has 3 rings (SSSR count). The van der Waals surface area contributed by atoms with Crippen molar-refractivity contribution >= 4 is 5.82 Å². The van der Waals surface area contributed by atoms with Gasteiger partial charge >= 0.3 is 0 Å². The quantitative estimate of drug-likeness (QED) is 0.839. The zero-order valence-electron chi connectivity index (χ0n) is 14.5. The summed E-state index contributed by atoms with van der Waals surface area (Å²) in [5.41, 5.74) is 0.0132. The Morgan fingerprint density at radius 2 is 1.82 bits per heavy atom. The molecule has 1 unspecified atom stereocenters. The van der Waals surface area contributed by atoms with Crippen LogP contribution in [0.1, 0.15) is 59.2 Å². The van der Waals surface area contributed by atoms with Gasteiger partial charge in [-0.25, -0.2) is 9.97 Å². The molecule has 1 atom stereocenters. The molecule has 3 heterocycles. The second-order valence-electron chi connectivity index (χ2n) is 7.94. The Morgan fingerprint density at radius 1 is 1.09 bits per heavy atom. The Kier molecular flexibility index (Phi) is 4.40. The zero-order chi connectivity index (χ0) is 15.7. The number of rotatable bonds is 2. The molecule has 0 spiro atoms. The van der Waals surface area contributed by atoms with Gasteiger partial charge < -0.3 is 4.90 Å². The lowest BCUT2D eigenvalue weighted by molar-refractivity contribution is 0.163. The summed E-state index contributed by atoms with van der Waals surface area (Å²) in [7, 11) is 0. The first-order valence-corrected chi connectivity index (χ1v) is 8.79. The Bertz CT molecular complexity index is 500. The number of anilines is 1. The first-order chi connectivity index (χ1) is 10.4. The summed E-state index contributed by atoms with van der Waals surface area (Å²) in [6, 6.07) is 3.62. The van der Waals surface area contributed by atoms with E-state index in [9.17, 15) is 0 Å². The lowest BCUT2D eigenvalue weighted by atomic mass is 9.96. The molecule has 1 aromatic rings. The van der Waals surface area contributed by atoms with Crippen LogP contribution in [0.15, 0.2) is 12.3 Å². The third-order valence-corrected chi connectivity index (χ3v) is 5.17. The van der Waals surface area contributed by atoms with Crippen molar-refractivity contribution in [3.05, 3.63) is 18.1 Å². The van der Waals surface area contributed by atoms with Crippen LogP contribution in [0.3, 0.4) is 0 Å². The van der Waals surface area contributed by atoms with E-state index in [1.807, 2.05) is 6.20 Å². The molecule has 2 saturated heterocycles. The van der Waals surface area contributed by atoms with Gasteiger partial charge in [0.15, 0.2) is 0 Å². The minimum atomic E-state index is 0.0132. The maximum atomic E-state index is 4.81. The Labute approximate surface area is 134 Å². The first-order valence-electron chi connectivity index (χ1n) is 8.79. The van der Waals surface area contributed by atoms with Crippen LogP contribution in [-0.4, -0.2) is 46.6 Å². The molecule has 22 heavy (non-hydrogen) atoms. The standard InChI is InChI=1S/C18H30N4/c1-14-6-5-11-22(14)15-8-12-21(13-9-15)16-7-10-19-17(20-16)18(2,3)4/h7,10,14-15H,5-6,8-9,11-13H2,1-4H3. The van der Waals surface area contributed by atoms with Crippen LogP contribution in [-0.2, 0) is 5.41 Å². The number of nitrogens with zero attached hydrogens (tertiary/aromatic N) is 4. The molecule has 0 aliphatic carbocycles. The molecule has 0 aromatic carbocycles. The van der Waals surface area contributed by atoms with Gasteiger partial charge in [0.2, 0.25) is 0 Å². The fourth-order valence-electron chi connectivity index (χ4n) is 3.81. The number of hydrogen-bond acceptors (Lipinski definition) is 4. The molecule has 4 heteroatoms. The van der Waals surface area contributed by atoms with Crippen molar-refractivity contribution < 1.29 is 0 Å². The van der Waals surface area contributed by atoms with Gasteiger partial charge in [0, 0.05) is 36.8 Å². The molecule has 0 bridgehead atoms. The number of likely N-dealkylation sites (tertiary alicyclic amines) is 1. The van der Waals surface area contributed by atoms with Crippen LogP contribution >= 0.6 is 0 Å². The number of aromatic nitrogens is 2. The van der Waals surface area contributed by atoms with Crippen molar-refractivity contribution in [3.63, 3.8) is 0 Å². The van der Waals surface area contributed by atoms with Gasteiger partial charge in [0.25, 0.3) is 0 Å². The maximum absolute atomic E-state index is 4.81. The zero-order valence-corrected chi connectivity index (χ0v) is 14.5. The Balaban J connectivity index is 1.64. The average molecular weight is 302 g/mol. The van der Waals surface area contributed by atoms with E-state index in [4.69, 9.17) is 4.98 Å². The summed E-state index contributed by atoms with van der Waals surface area (Å²) >= 11 is 0. The van der Waals surface area contributed by atoms with E-state index in [2.05, 4.69) is 48.5 Å². The molecule has 122 valence electrons. The molecule has 4 nitrogen and oxygen atoms in total. The molecule has 0 N–H and O–H groups in total. The van der Waals surface area contributed by atoms with E-state index in [1.54, 1.807) is 0 Å². The van der Waals surface area contributed by atoms with Crippen LogP contribution in [0, 0.1) is 0 Å². The summed E-state index contributed by atoms with van der Waals surface area (Å²) in [5.74, 6) is 2.05. The highest BCUT2D eigenvalue weighted by atomic mass is 15.3. The predicted octanol–water partition coefficient (Wildman–Crippen LogP) is 3.23. The summed E-state index contributed by atoms with van der Waals surface area (Å²) in [5, 5.41) is 0. The van der Waals surface area contributed by atoms with Crippen molar-refractivity contribution in [3.8, 4) is 0 Å². The number of hydrogen-bond donors (Lipinski definition) is 0. The van der Waals surface area contributed by atoms with Crippen molar-refractivity contribution in [1.29, 1.82) is 0 Å². The van der Waals surface area contributed by atoms with Crippen LogP contribution in [0.5, 0.6) is 0 Å². The first kappa shape index (κ1) is 15.7. The van der Waals surface area contributed by atoms with Crippen LogP contribution in [0.2, 0.25) is 0 Å². The highest BCUT2D eigenvalue weighted by Crippen LogP contribution is 2.28. The smallest absolute Gasteiger partial charge is 0.135 e. The van der Waals surface area contributed by atoms with E-state index >= 15 is 0 Å². The minimum absolute atomic E-state index is 0.0132. The third-order valence-electron chi connectivity index (χ3n) is 5.17. The summed E-state index contributed by atoms with van der Waals surface area (Å²) in [6.07, 6.45) is 7.19. The van der Waals surface area contributed by atoms with Gasteiger partial charge in [0.05, 0.1) is 0 Å². The van der Waals surface area contributed by atoms with E-state index < -0.39 is 0 Å². The third kappa shape index (κ3) is 3.27. The molecule has 2 fully saturated rings. The van der Waals surface area contributed by atoms with Gasteiger partial charge in [-0.05, 0) is 45.2 Å². The molecule has 1 aromatic heterocycles. The summed E-state index contributed by atoms with van der Waals surface area (Å²) in [6.45, 7) is 12.4. The monoisotopic (exact) mass is 302 g/mol. The predicted molar refractivity (Wildman–Crippen MR) is 91.4 cm³/mol. The van der Waals surface area contributed by atoms with Gasteiger partial charge in [-0.1, -0.05) is 20.8 Å². The van der Waals surface area contributed by atoms with Gasteiger partial charge in [0.1, 0.15) is 11.6 Å².